The van der Waals surface area contributed by atoms with Gasteiger partial charge in [-0.2, -0.15) is 11.8 Å². The molecule has 2 amide bonds. The molecule has 20 heavy (non-hydrogen) atoms. The lowest BCUT2D eigenvalue weighted by atomic mass is 9.96. The van der Waals surface area contributed by atoms with Gasteiger partial charge in [-0.05, 0) is 31.4 Å². The fourth-order valence-corrected chi connectivity index (χ4v) is 3.66. The minimum atomic E-state index is -0.732. The Balaban J connectivity index is 2.44. The molecule has 0 aromatic carbocycles. The molecule has 3 unspecified atom stereocenters. The van der Waals surface area contributed by atoms with Crippen molar-refractivity contribution < 1.29 is 14.7 Å². The summed E-state index contributed by atoms with van der Waals surface area (Å²) in [4.78, 5) is 25.0. The zero-order valence-electron chi connectivity index (χ0n) is 12.6. The summed E-state index contributed by atoms with van der Waals surface area (Å²) in [5, 5.41) is 12.0. The normalized spacial score (nSPS) is 23.4. The van der Waals surface area contributed by atoms with Gasteiger partial charge in [0.1, 0.15) is 0 Å². The van der Waals surface area contributed by atoms with E-state index in [1.807, 2.05) is 13.3 Å². The average Bonchev–Trinajstić information content (AvgIpc) is 2.90. The van der Waals surface area contributed by atoms with E-state index >= 15 is 0 Å². The summed E-state index contributed by atoms with van der Waals surface area (Å²) in [5.74, 6) is -0.0371. The SMILES string of the molecule is CCC(CSC)N(C)C(=O)NCC1CCCC1C(=O)O. The van der Waals surface area contributed by atoms with Gasteiger partial charge >= 0.3 is 12.0 Å². The molecule has 0 bridgehead atoms. The number of rotatable bonds is 7. The van der Waals surface area contributed by atoms with Crippen molar-refractivity contribution in [1.29, 1.82) is 0 Å². The Hall–Kier alpha value is -0.910. The first kappa shape index (κ1) is 17.1. The second-order valence-corrected chi connectivity index (χ2v) is 6.36. The summed E-state index contributed by atoms with van der Waals surface area (Å²) in [7, 11) is 1.81. The first-order chi connectivity index (χ1) is 9.51. The Morgan fingerprint density at radius 1 is 1.45 bits per heavy atom. The van der Waals surface area contributed by atoms with Crippen LogP contribution in [-0.4, -0.2) is 53.6 Å². The van der Waals surface area contributed by atoms with Crippen LogP contribution in [-0.2, 0) is 4.79 Å². The van der Waals surface area contributed by atoms with Crippen LogP contribution in [0.15, 0.2) is 0 Å². The Morgan fingerprint density at radius 2 is 2.15 bits per heavy atom. The summed E-state index contributed by atoms with van der Waals surface area (Å²) in [6.07, 6.45) is 5.52. The van der Waals surface area contributed by atoms with Crippen LogP contribution < -0.4 is 5.32 Å². The fraction of sp³-hybridized carbons (Fsp3) is 0.857. The molecule has 1 aliphatic rings. The van der Waals surface area contributed by atoms with Crippen LogP contribution in [0, 0.1) is 11.8 Å². The highest BCUT2D eigenvalue weighted by atomic mass is 32.2. The second kappa shape index (κ2) is 8.39. The smallest absolute Gasteiger partial charge is 0.317 e. The van der Waals surface area contributed by atoms with Crippen molar-refractivity contribution in [2.24, 2.45) is 11.8 Å². The number of carboxylic acids is 1. The molecular formula is C14H26N2O3S. The van der Waals surface area contributed by atoms with Gasteiger partial charge in [-0.25, -0.2) is 4.79 Å². The number of hydrogen-bond donors (Lipinski definition) is 2. The van der Waals surface area contributed by atoms with Crippen LogP contribution in [0.4, 0.5) is 4.79 Å². The van der Waals surface area contributed by atoms with Crippen molar-refractivity contribution in [1.82, 2.24) is 10.2 Å². The molecule has 2 N–H and O–H groups in total. The Bertz CT molecular complexity index is 338. The molecule has 6 heteroatoms. The number of carbonyl (C=O) groups is 2. The van der Waals surface area contributed by atoms with E-state index in [2.05, 4.69) is 12.2 Å². The van der Waals surface area contributed by atoms with Crippen LogP contribution >= 0.6 is 11.8 Å². The summed E-state index contributed by atoms with van der Waals surface area (Å²) < 4.78 is 0. The van der Waals surface area contributed by atoms with E-state index in [1.165, 1.54) is 0 Å². The zero-order chi connectivity index (χ0) is 15.1. The van der Waals surface area contributed by atoms with Crippen molar-refractivity contribution >= 4 is 23.8 Å². The lowest BCUT2D eigenvalue weighted by Gasteiger charge is -2.28. The van der Waals surface area contributed by atoms with Gasteiger partial charge in [0.05, 0.1) is 5.92 Å². The minimum Gasteiger partial charge on any atom is -0.481 e. The van der Waals surface area contributed by atoms with Crippen LogP contribution in [0.25, 0.3) is 0 Å². The molecule has 1 rings (SSSR count). The molecule has 0 aromatic rings. The molecule has 5 nitrogen and oxygen atoms in total. The van der Waals surface area contributed by atoms with Gasteiger partial charge in [-0.3, -0.25) is 4.79 Å². The van der Waals surface area contributed by atoms with E-state index in [-0.39, 0.29) is 23.9 Å². The summed E-state index contributed by atoms with van der Waals surface area (Å²) in [6.45, 7) is 2.54. The number of aliphatic carboxylic acids is 1. The van der Waals surface area contributed by atoms with E-state index in [9.17, 15) is 9.59 Å². The highest BCUT2D eigenvalue weighted by Crippen LogP contribution is 2.31. The predicted octanol–water partition coefficient (Wildman–Crippen LogP) is 2.27. The molecule has 0 spiro atoms. The fourth-order valence-electron chi connectivity index (χ4n) is 2.81. The molecular weight excluding hydrogens is 276 g/mol. The number of amides is 2. The third kappa shape index (κ3) is 4.58. The first-order valence-corrected chi connectivity index (χ1v) is 8.63. The van der Waals surface area contributed by atoms with Gasteiger partial charge in [-0.1, -0.05) is 13.3 Å². The zero-order valence-corrected chi connectivity index (χ0v) is 13.4. The number of urea groups is 1. The molecule has 0 aromatic heterocycles. The third-order valence-electron chi connectivity index (χ3n) is 4.19. The number of nitrogens with one attached hydrogen (secondary N) is 1. The predicted molar refractivity (Wildman–Crippen MR) is 82.1 cm³/mol. The summed E-state index contributed by atoms with van der Waals surface area (Å²) >= 11 is 1.73. The molecule has 0 radical (unpaired) electrons. The van der Waals surface area contributed by atoms with Crippen molar-refractivity contribution in [3.63, 3.8) is 0 Å². The largest absolute Gasteiger partial charge is 0.481 e. The minimum absolute atomic E-state index is 0.0745. The number of thioether (sulfide) groups is 1. The Morgan fingerprint density at radius 3 is 2.70 bits per heavy atom. The lowest BCUT2D eigenvalue weighted by Crippen LogP contribution is -2.46. The number of nitrogens with zero attached hydrogens (tertiary/aromatic N) is 1. The Labute approximate surface area is 125 Å². The second-order valence-electron chi connectivity index (χ2n) is 5.45. The third-order valence-corrected chi connectivity index (χ3v) is 4.91. The first-order valence-electron chi connectivity index (χ1n) is 7.23. The lowest BCUT2D eigenvalue weighted by molar-refractivity contribution is -0.142. The Kier molecular flexibility index (Phi) is 7.19. The van der Waals surface area contributed by atoms with E-state index in [1.54, 1.807) is 16.7 Å². The van der Waals surface area contributed by atoms with Crippen LogP contribution in [0.2, 0.25) is 0 Å². The number of carboxylic acid groups (broad SMARTS) is 1. The maximum atomic E-state index is 12.1. The number of hydrogen-bond acceptors (Lipinski definition) is 3. The van der Waals surface area contributed by atoms with Gasteiger partial charge in [0.25, 0.3) is 0 Å². The highest BCUT2D eigenvalue weighted by Gasteiger charge is 2.33. The van der Waals surface area contributed by atoms with E-state index in [0.717, 1.165) is 31.4 Å². The van der Waals surface area contributed by atoms with Crippen molar-refractivity contribution in [3.8, 4) is 0 Å². The van der Waals surface area contributed by atoms with Crippen LogP contribution in [0.5, 0.6) is 0 Å². The maximum Gasteiger partial charge on any atom is 0.317 e. The van der Waals surface area contributed by atoms with E-state index in [4.69, 9.17) is 5.11 Å². The van der Waals surface area contributed by atoms with E-state index in [0.29, 0.717) is 6.54 Å². The topological polar surface area (TPSA) is 69.6 Å². The van der Waals surface area contributed by atoms with Gasteiger partial charge in [-0.15, -0.1) is 0 Å². The average molecular weight is 302 g/mol. The van der Waals surface area contributed by atoms with E-state index < -0.39 is 5.97 Å². The quantitative estimate of drug-likeness (QED) is 0.757. The molecule has 0 aliphatic heterocycles. The number of carbonyl (C=O) groups excluding carboxylic acids is 1. The molecule has 1 fully saturated rings. The van der Waals surface area contributed by atoms with Gasteiger partial charge in [0, 0.05) is 25.4 Å². The highest BCUT2D eigenvalue weighted by molar-refractivity contribution is 7.98. The molecule has 0 saturated heterocycles. The monoisotopic (exact) mass is 302 g/mol. The van der Waals surface area contributed by atoms with Crippen molar-refractivity contribution in [2.75, 3.05) is 25.6 Å². The summed E-state index contributed by atoms with van der Waals surface area (Å²) in [5.41, 5.74) is 0. The molecule has 3 atom stereocenters. The van der Waals surface area contributed by atoms with Crippen molar-refractivity contribution in [3.05, 3.63) is 0 Å². The molecule has 1 saturated carbocycles. The van der Waals surface area contributed by atoms with Crippen LogP contribution in [0.1, 0.15) is 32.6 Å². The molecule has 116 valence electrons. The van der Waals surface area contributed by atoms with Gasteiger partial charge in [0.2, 0.25) is 0 Å². The molecule has 0 heterocycles. The summed E-state index contributed by atoms with van der Waals surface area (Å²) in [6, 6.07) is 0.130. The van der Waals surface area contributed by atoms with Crippen molar-refractivity contribution in [2.45, 2.75) is 38.6 Å². The standard InChI is InChI=1S/C14H26N2O3S/c1-4-11(9-20-3)16(2)14(19)15-8-10-6-5-7-12(10)13(17)18/h10-12H,4-9H2,1-3H3,(H,15,19)(H,17,18). The maximum absolute atomic E-state index is 12.1. The van der Waals surface area contributed by atoms with Gasteiger partial charge in [0.15, 0.2) is 0 Å². The molecule has 1 aliphatic carbocycles. The van der Waals surface area contributed by atoms with Gasteiger partial charge < -0.3 is 15.3 Å². The van der Waals surface area contributed by atoms with Crippen LogP contribution in [0.3, 0.4) is 0 Å².